The largest absolute Gasteiger partial charge is 0.573 e. The highest BCUT2D eigenvalue weighted by Gasteiger charge is 2.62. The van der Waals surface area contributed by atoms with Crippen molar-refractivity contribution in [3.8, 4) is 5.75 Å². The van der Waals surface area contributed by atoms with Crippen molar-refractivity contribution in [1.29, 1.82) is 0 Å². The maximum Gasteiger partial charge on any atom is 0.573 e. The van der Waals surface area contributed by atoms with Gasteiger partial charge in [-0.25, -0.2) is 0 Å². The first-order chi connectivity index (χ1) is 22.7. The number of carbonyl (C=O) groups excluding carboxylic acids is 2. The van der Waals surface area contributed by atoms with E-state index < -0.39 is 6.36 Å². The second-order valence-corrected chi connectivity index (χ2v) is 16.1. The molecule has 266 valence electrons. The molecule has 0 unspecified atom stereocenters. The average Bonchev–Trinajstić information content (AvgIpc) is 3.40. The number of piperazine rings is 1. The zero-order chi connectivity index (χ0) is 34.4. The summed E-state index contributed by atoms with van der Waals surface area (Å²) in [7, 11) is 0. The number of amides is 2. The molecule has 0 aromatic heterocycles. The molecule has 5 aliphatic rings. The van der Waals surface area contributed by atoms with Crippen LogP contribution in [0.4, 0.5) is 13.2 Å². The zero-order valence-electron chi connectivity index (χ0n) is 28.6. The van der Waals surface area contributed by atoms with E-state index in [0.29, 0.717) is 73.7 Å². The van der Waals surface area contributed by atoms with Crippen LogP contribution in [0.15, 0.2) is 30.3 Å². The van der Waals surface area contributed by atoms with Gasteiger partial charge in [0, 0.05) is 38.7 Å². The first-order valence-corrected chi connectivity index (χ1v) is 18.1. The number of aliphatic hydroxyl groups is 2. The van der Waals surface area contributed by atoms with Crippen molar-refractivity contribution in [3.63, 3.8) is 0 Å². The Morgan fingerprint density at radius 2 is 1.67 bits per heavy atom. The lowest BCUT2D eigenvalue weighted by molar-refractivity contribution is -0.274. The second kappa shape index (κ2) is 13.6. The molecule has 48 heavy (non-hydrogen) atoms. The van der Waals surface area contributed by atoms with Gasteiger partial charge in [0.25, 0.3) is 0 Å². The minimum atomic E-state index is -4.78. The topological polar surface area (TPSA) is 90.3 Å². The molecule has 6 rings (SSSR count). The second-order valence-electron chi connectivity index (χ2n) is 16.1. The lowest BCUT2D eigenvalue weighted by atomic mass is 9.43. The Morgan fingerprint density at radius 3 is 2.40 bits per heavy atom. The highest BCUT2D eigenvalue weighted by molar-refractivity contribution is 5.92. The molecule has 1 aromatic rings. The van der Waals surface area contributed by atoms with Gasteiger partial charge >= 0.3 is 6.36 Å². The fourth-order valence-corrected chi connectivity index (χ4v) is 11.2. The Hall–Kier alpha value is -2.59. The minimum Gasteiger partial charge on any atom is -0.406 e. The van der Waals surface area contributed by atoms with Gasteiger partial charge in [-0.15, -0.1) is 13.2 Å². The summed E-state index contributed by atoms with van der Waals surface area (Å²) in [5.41, 5.74) is 0.812. The molecule has 0 spiro atoms. The highest BCUT2D eigenvalue weighted by atomic mass is 19.4. The van der Waals surface area contributed by atoms with E-state index in [2.05, 4.69) is 25.5 Å². The Bertz CT molecular complexity index is 1360. The van der Waals surface area contributed by atoms with Crippen molar-refractivity contribution >= 4 is 17.9 Å². The summed E-state index contributed by atoms with van der Waals surface area (Å²) in [5.74, 6) is 2.25. The van der Waals surface area contributed by atoms with Gasteiger partial charge in [-0.1, -0.05) is 32.9 Å². The lowest BCUT2D eigenvalue weighted by Crippen LogP contribution is -2.58. The minimum absolute atomic E-state index is 0.121. The summed E-state index contributed by atoms with van der Waals surface area (Å²) in [6, 6.07) is 5.47. The average molecular weight is 675 g/mol. The SMILES string of the molecule is C[C@H](CCC(=O)N1CCN(C(=O)/C=C/c2cccc(OC(F)(F)F)c2)CC1)[C@H]1CC[C@H]2[C@@H]3[C@@H](O)C[C@@H]4C[C@H](O)CC[C@]4(C)[C@H]3CC[C@]12C. The number of halogens is 3. The van der Waals surface area contributed by atoms with Gasteiger partial charge in [0.05, 0.1) is 12.2 Å². The van der Waals surface area contributed by atoms with Crippen LogP contribution < -0.4 is 4.74 Å². The number of benzene rings is 1. The van der Waals surface area contributed by atoms with Crippen molar-refractivity contribution < 1.29 is 37.7 Å². The molecule has 2 amide bonds. The van der Waals surface area contributed by atoms with Gasteiger partial charge in [0.15, 0.2) is 0 Å². The smallest absolute Gasteiger partial charge is 0.406 e. The zero-order valence-corrected chi connectivity index (χ0v) is 28.6. The van der Waals surface area contributed by atoms with Crippen LogP contribution in [0.1, 0.15) is 90.5 Å². The number of hydrogen-bond donors (Lipinski definition) is 2. The first-order valence-electron chi connectivity index (χ1n) is 18.1. The van der Waals surface area contributed by atoms with Crippen LogP contribution in [0.5, 0.6) is 5.75 Å². The van der Waals surface area contributed by atoms with Crippen molar-refractivity contribution in [3.05, 3.63) is 35.9 Å². The number of carbonyl (C=O) groups is 2. The standard InChI is InChI=1S/C38H53F3N2O5/c1-24(29-9-10-30-35-31(14-16-37(29,30)3)36(2)15-13-27(44)22-26(36)23-32(35)45)7-11-33(46)42-17-19-43(20-18-42)34(47)12-8-25-5-4-6-28(21-25)48-38(39,40)41/h4-6,8,12,21,24,26-27,29-32,35,44-45H,7,9-11,13-20,22-23H2,1-3H3/b12-8+/t24-,26+,27-,29-,30+,31+,32+,35+,36+,37-/m1/s1. The molecule has 10 atom stereocenters. The van der Waals surface area contributed by atoms with Crippen LogP contribution in [-0.4, -0.2) is 76.6 Å². The van der Waals surface area contributed by atoms with Crippen LogP contribution in [0.3, 0.4) is 0 Å². The monoisotopic (exact) mass is 674 g/mol. The number of hydrogen-bond acceptors (Lipinski definition) is 5. The fraction of sp³-hybridized carbons (Fsp3) is 0.737. The van der Waals surface area contributed by atoms with Gasteiger partial charge in [0.2, 0.25) is 11.8 Å². The summed E-state index contributed by atoms with van der Waals surface area (Å²) >= 11 is 0. The van der Waals surface area contributed by atoms with Gasteiger partial charge in [-0.3, -0.25) is 9.59 Å². The van der Waals surface area contributed by atoms with E-state index in [9.17, 15) is 33.0 Å². The number of alkyl halides is 3. The number of ether oxygens (including phenoxy) is 1. The summed E-state index contributed by atoms with van der Waals surface area (Å²) in [6.07, 6.45) is 7.07. The molecular formula is C38H53F3N2O5. The summed E-state index contributed by atoms with van der Waals surface area (Å²) in [6.45, 7) is 8.96. The van der Waals surface area contributed by atoms with Gasteiger partial charge in [-0.05, 0) is 128 Å². The molecule has 1 aromatic carbocycles. The molecule has 0 radical (unpaired) electrons. The van der Waals surface area contributed by atoms with E-state index in [1.165, 1.54) is 36.8 Å². The van der Waals surface area contributed by atoms with E-state index in [-0.39, 0.29) is 40.6 Å². The maximum absolute atomic E-state index is 13.3. The third-order valence-corrected chi connectivity index (χ3v) is 13.7. The molecule has 4 aliphatic carbocycles. The molecular weight excluding hydrogens is 621 g/mol. The van der Waals surface area contributed by atoms with E-state index in [0.717, 1.165) is 51.4 Å². The molecule has 1 aliphatic heterocycles. The number of fused-ring (bicyclic) bond motifs is 5. The molecule has 5 fully saturated rings. The van der Waals surface area contributed by atoms with E-state index >= 15 is 0 Å². The Kier molecular flexibility index (Phi) is 9.99. The summed E-state index contributed by atoms with van der Waals surface area (Å²) < 4.78 is 41.6. The van der Waals surface area contributed by atoms with E-state index in [1.807, 2.05) is 4.90 Å². The highest BCUT2D eigenvalue weighted by Crippen LogP contribution is 2.68. The molecule has 0 bridgehead atoms. The predicted octanol–water partition coefficient (Wildman–Crippen LogP) is 6.68. The Morgan fingerprint density at radius 1 is 0.979 bits per heavy atom. The van der Waals surface area contributed by atoms with E-state index in [4.69, 9.17) is 0 Å². The van der Waals surface area contributed by atoms with Crippen LogP contribution in [0.25, 0.3) is 6.08 Å². The predicted molar refractivity (Wildman–Crippen MR) is 176 cm³/mol. The lowest BCUT2D eigenvalue weighted by Gasteiger charge is -2.62. The van der Waals surface area contributed by atoms with Gasteiger partial charge < -0.3 is 24.7 Å². The normalized spacial score (nSPS) is 37.5. The third kappa shape index (κ3) is 7.03. The van der Waals surface area contributed by atoms with Crippen LogP contribution in [-0.2, 0) is 9.59 Å². The van der Waals surface area contributed by atoms with E-state index in [1.54, 1.807) is 11.0 Å². The number of nitrogens with zero attached hydrogens (tertiary/aromatic N) is 2. The van der Waals surface area contributed by atoms with Crippen LogP contribution in [0.2, 0.25) is 0 Å². The van der Waals surface area contributed by atoms with Gasteiger partial charge in [0.1, 0.15) is 5.75 Å². The van der Waals surface area contributed by atoms with Crippen molar-refractivity contribution in [1.82, 2.24) is 9.80 Å². The van der Waals surface area contributed by atoms with Crippen molar-refractivity contribution in [2.24, 2.45) is 46.3 Å². The van der Waals surface area contributed by atoms with Gasteiger partial charge in [-0.2, -0.15) is 0 Å². The number of aliphatic hydroxyl groups excluding tert-OH is 2. The number of rotatable bonds is 7. The fourth-order valence-electron chi connectivity index (χ4n) is 11.2. The van der Waals surface area contributed by atoms with Crippen molar-refractivity contribution in [2.45, 2.75) is 104 Å². The molecule has 7 nitrogen and oxygen atoms in total. The molecule has 4 saturated carbocycles. The quantitative estimate of drug-likeness (QED) is 0.315. The molecule has 1 heterocycles. The maximum atomic E-state index is 13.3. The molecule has 10 heteroatoms. The molecule has 1 saturated heterocycles. The first kappa shape index (κ1) is 35.2. The van der Waals surface area contributed by atoms with Crippen molar-refractivity contribution in [2.75, 3.05) is 26.2 Å². The Labute approximate surface area is 282 Å². The summed E-state index contributed by atoms with van der Waals surface area (Å²) in [4.78, 5) is 29.6. The third-order valence-electron chi connectivity index (χ3n) is 13.7. The molecule has 2 N–H and O–H groups in total. The Balaban J connectivity index is 0.981. The van der Waals surface area contributed by atoms with Crippen LogP contribution >= 0.6 is 0 Å². The summed E-state index contributed by atoms with van der Waals surface area (Å²) in [5, 5.41) is 21.9. The van der Waals surface area contributed by atoms with Crippen LogP contribution in [0, 0.1) is 46.3 Å².